The lowest BCUT2D eigenvalue weighted by atomic mass is 9.98. The zero-order chi connectivity index (χ0) is 66.5. The van der Waals surface area contributed by atoms with Crippen LogP contribution in [0.1, 0.15) is 236 Å². The number of benzene rings is 1. The van der Waals surface area contributed by atoms with Gasteiger partial charge in [-0.15, -0.1) is 30.5 Å². The fraction of sp³-hybridized carbons (Fsp3) is 0.739. The maximum atomic E-state index is 10.6. The van der Waals surface area contributed by atoms with Crippen molar-refractivity contribution in [2.75, 3.05) is 83.0 Å². The van der Waals surface area contributed by atoms with E-state index in [1.54, 1.807) is 41.6 Å². The zero-order valence-corrected chi connectivity index (χ0v) is 60.0. The lowest BCUT2D eigenvalue weighted by molar-refractivity contribution is -0.166. The van der Waals surface area contributed by atoms with Crippen LogP contribution in [0.2, 0.25) is 0 Å². The van der Waals surface area contributed by atoms with Crippen LogP contribution < -0.4 is 0 Å². The Morgan fingerprint density at radius 1 is 0.733 bits per heavy atom. The van der Waals surface area contributed by atoms with E-state index in [0.717, 1.165) is 119 Å². The number of carbonyl (C=O) groups is 1. The fourth-order valence-corrected chi connectivity index (χ4v) is 7.27. The number of halogens is 2. The second-order valence-electron chi connectivity index (χ2n) is 18.1. The molecule has 2 heterocycles. The Labute approximate surface area is 552 Å². The Kier molecular flexibility index (Phi) is 132. The number of ether oxygens (including phenoxy) is 4. The molecule has 2 aromatic rings. The quantitative estimate of drug-likeness (QED) is 0.00938. The van der Waals surface area contributed by atoms with E-state index < -0.39 is 0 Å². The number of aliphatic hydroxyl groups excluding tert-OH is 7. The molecule has 0 radical (unpaired) electrons. The van der Waals surface area contributed by atoms with Gasteiger partial charge in [0.15, 0.2) is 6.29 Å². The third kappa shape index (κ3) is 120. The van der Waals surface area contributed by atoms with Gasteiger partial charge in [-0.3, -0.25) is 0 Å². The molecule has 0 spiro atoms. The van der Waals surface area contributed by atoms with Crippen molar-refractivity contribution < 1.29 is 59.5 Å². The SMILES string of the molecule is C.C#CCC.C=C(C)C(=O)OCCC.C=CCC.CCCCBr.CCCCC.CCCCO.CCCOCCC.CCO.CCc1ccc(CO)cc1.OC1CCCCC1.OCCCCl.OCCOC1CCCCO1.OCCSSc1ccccn1. The van der Waals surface area contributed by atoms with Gasteiger partial charge in [0.1, 0.15) is 5.03 Å². The molecule has 0 bridgehead atoms. The first kappa shape index (κ1) is 106. The van der Waals surface area contributed by atoms with Gasteiger partial charge in [-0.1, -0.05) is 198 Å². The van der Waals surface area contributed by atoms with Crippen molar-refractivity contribution >= 4 is 55.1 Å². The van der Waals surface area contributed by atoms with Crippen LogP contribution in [0.3, 0.4) is 0 Å². The Morgan fingerprint density at radius 3 is 1.52 bits per heavy atom. The Hall–Kier alpha value is -2.05. The summed E-state index contributed by atoms with van der Waals surface area (Å²) in [7, 11) is 3.20. The fourth-order valence-electron chi connectivity index (χ4n) is 4.94. The number of allylic oxidation sites excluding steroid dienone is 1. The summed E-state index contributed by atoms with van der Waals surface area (Å²) in [6, 6.07) is 13.8. The minimum Gasteiger partial charge on any atom is -0.462 e. The molecular weight excluding hydrogens is 1210 g/mol. The monoisotopic (exact) mass is 1350 g/mol. The number of hydrogen-bond acceptors (Lipinski definition) is 15. The number of pyridine rings is 1. The summed E-state index contributed by atoms with van der Waals surface area (Å²) < 4.78 is 20.3. The standard InChI is InChI=1S/C9H12O.C7H9NOS2.C7H14O3.C7H12O2.C6H12O.C6H14O.C5H12.C4H9Br.C4H10O.C4H8.C4H6.C3H7ClO.C2H6O.CH4/c1-2-8-3-5-9(7-10)6-4-8;9-5-6-10-11-7-3-1-2-4-8-7;8-4-6-10-7-3-1-2-5-9-7;1-4-5-9-7(8)6(2)3;7-6-4-2-1-3-5-6;1-3-5-7-6-4-2;1-3-5-4-2;2*1-2-3-4-5;2*1-3-4-2;4-2-1-3-5;1-2-3;/h3-6,10H,2,7H2,1H3;1-4,9H,5-6H2;7-8H,1-6H2;2,4-5H2,1,3H3;6-7H,1-5H2;3-6H2,1-2H3;3-5H2,1-2H3;2-4H2,1H3;5H,2-4H2,1H3;3H,1,4H2,2H3;1H,4H2,2H3;5H,1-3H2;3H,2H2,1H3;1H4. The average Bonchev–Trinajstić information content (AvgIpc) is 3.57. The molecule has 1 aliphatic carbocycles. The van der Waals surface area contributed by atoms with Crippen molar-refractivity contribution in [3.8, 4) is 12.3 Å². The molecule has 17 heteroatoms. The average molecular weight is 1350 g/mol. The van der Waals surface area contributed by atoms with Crippen molar-refractivity contribution in [3.05, 3.63) is 84.6 Å². The van der Waals surface area contributed by atoms with Gasteiger partial charge in [-0.2, -0.15) is 0 Å². The molecule has 86 heavy (non-hydrogen) atoms. The lowest BCUT2D eigenvalue weighted by Gasteiger charge is -2.22. The maximum absolute atomic E-state index is 10.6. The number of aliphatic hydroxyl groups is 7. The molecule has 1 unspecified atom stereocenters. The summed E-state index contributed by atoms with van der Waals surface area (Å²) in [5.74, 6) is 3.45. The second kappa shape index (κ2) is 108. The predicted molar refractivity (Wildman–Crippen MR) is 382 cm³/mol. The number of aryl methyl sites for hydroxylation is 1. The molecule has 1 atom stereocenters. The minimum atomic E-state index is -0.295. The molecular formula is C69H135BrClNO12S2. The van der Waals surface area contributed by atoms with E-state index in [0.29, 0.717) is 37.7 Å². The number of nitrogens with zero attached hydrogens (tertiary/aromatic N) is 1. The summed E-state index contributed by atoms with van der Waals surface area (Å²) >= 11 is 8.45. The molecule has 1 aromatic carbocycles. The van der Waals surface area contributed by atoms with Crippen LogP contribution >= 0.6 is 49.1 Å². The summed E-state index contributed by atoms with van der Waals surface area (Å²) in [5.41, 5.74) is 2.76. The molecule has 514 valence electrons. The van der Waals surface area contributed by atoms with Gasteiger partial charge in [0.05, 0.1) is 39.1 Å². The van der Waals surface area contributed by atoms with Crippen LogP contribution in [-0.2, 0) is 36.8 Å². The van der Waals surface area contributed by atoms with Crippen molar-refractivity contribution in [1.82, 2.24) is 4.98 Å². The first-order valence-electron chi connectivity index (χ1n) is 31.5. The number of esters is 1. The number of carbonyl (C=O) groups excluding carboxylic acids is 1. The Balaban J connectivity index is -0.0000000924. The van der Waals surface area contributed by atoms with Crippen LogP contribution in [-0.4, -0.2) is 142 Å². The summed E-state index contributed by atoms with van der Waals surface area (Å²) in [6.07, 6.45) is 33.1. The van der Waals surface area contributed by atoms with E-state index in [4.69, 9.17) is 72.7 Å². The topological polar surface area (TPSA) is 208 Å². The van der Waals surface area contributed by atoms with Crippen LogP contribution in [0.25, 0.3) is 0 Å². The minimum absolute atomic E-state index is 0. The van der Waals surface area contributed by atoms with Gasteiger partial charge < -0.3 is 54.7 Å². The van der Waals surface area contributed by atoms with Gasteiger partial charge in [0, 0.05) is 74.8 Å². The molecule has 7 N–H and O–H groups in total. The number of aromatic nitrogens is 1. The highest BCUT2D eigenvalue weighted by atomic mass is 79.9. The molecule has 2 aliphatic rings. The smallest absolute Gasteiger partial charge is 0.333 e. The third-order valence-corrected chi connectivity index (χ3v) is 12.7. The first-order chi connectivity index (χ1) is 41.1. The van der Waals surface area contributed by atoms with E-state index >= 15 is 0 Å². The van der Waals surface area contributed by atoms with Crippen LogP contribution in [0.4, 0.5) is 0 Å². The van der Waals surface area contributed by atoms with Gasteiger partial charge >= 0.3 is 5.97 Å². The first-order valence-corrected chi connectivity index (χ1v) is 35.5. The molecule has 2 fully saturated rings. The van der Waals surface area contributed by atoms with Crippen molar-refractivity contribution in [1.29, 1.82) is 0 Å². The highest BCUT2D eigenvalue weighted by Gasteiger charge is 2.13. The van der Waals surface area contributed by atoms with E-state index in [1.165, 1.54) is 63.4 Å². The largest absolute Gasteiger partial charge is 0.462 e. The zero-order valence-electron chi connectivity index (χ0n) is 56.0. The Morgan fingerprint density at radius 2 is 1.24 bits per heavy atom. The lowest BCUT2D eigenvalue weighted by Crippen LogP contribution is -2.23. The molecule has 1 saturated carbocycles. The van der Waals surface area contributed by atoms with E-state index in [9.17, 15) is 4.79 Å². The number of alkyl halides is 2. The van der Waals surface area contributed by atoms with Gasteiger partial charge in [-0.25, -0.2) is 9.78 Å². The van der Waals surface area contributed by atoms with Crippen LogP contribution in [0.15, 0.2) is 78.5 Å². The number of unbranched alkanes of at least 4 members (excludes halogenated alkanes) is 4. The summed E-state index contributed by atoms with van der Waals surface area (Å²) in [5, 5.41) is 60.3. The maximum Gasteiger partial charge on any atom is 0.333 e. The molecule has 1 saturated heterocycles. The third-order valence-electron chi connectivity index (χ3n) is 9.65. The normalized spacial score (nSPS) is 11.9. The molecule has 0 amide bonds. The van der Waals surface area contributed by atoms with Gasteiger partial charge in [0.25, 0.3) is 0 Å². The number of terminal acetylenes is 1. The van der Waals surface area contributed by atoms with Gasteiger partial charge in [0.2, 0.25) is 0 Å². The van der Waals surface area contributed by atoms with Crippen LogP contribution in [0.5, 0.6) is 0 Å². The number of hydrogen-bond donors (Lipinski definition) is 7. The van der Waals surface area contributed by atoms with E-state index in [2.05, 4.69) is 95.4 Å². The number of rotatable bonds is 25. The molecule has 4 rings (SSSR count). The Bertz CT molecular complexity index is 1420. The van der Waals surface area contributed by atoms with Crippen molar-refractivity contribution in [2.24, 2.45) is 0 Å². The van der Waals surface area contributed by atoms with Gasteiger partial charge in [-0.05, 0) is 131 Å². The highest BCUT2D eigenvalue weighted by Crippen LogP contribution is 2.28. The van der Waals surface area contributed by atoms with Crippen molar-refractivity contribution in [3.63, 3.8) is 0 Å². The molecule has 13 nitrogen and oxygen atoms in total. The van der Waals surface area contributed by atoms with Crippen molar-refractivity contribution in [2.45, 2.75) is 256 Å². The summed E-state index contributed by atoms with van der Waals surface area (Å²) in [4.78, 5) is 14.7. The van der Waals surface area contributed by atoms with E-state index in [1.807, 2.05) is 62.4 Å². The predicted octanol–water partition coefficient (Wildman–Crippen LogP) is 17.7. The highest BCUT2D eigenvalue weighted by molar-refractivity contribution is 9.09. The molecule has 1 aliphatic heterocycles. The molecule has 1 aromatic heterocycles. The second-order valence-corrected chi connectivity index (χ2v) is 21.8. The van der Waals surface area contributed by atoms with Crippen LogP contribution in [0, 0.1) is 12.3 Å². The van der Waals surface area contributed by atoms with E-state index in [-0.39, 0.29) is 58.8 Å². The summed E-state index contributed by atoms with van der Waals surface area (Å²) in [6.45, 7) is 36.0.